The van der Waals surface area contributed by atoms with Crippen LogP contribution in [0.15, 0.2) is 59.7 Å². The monoisotopic (exact) mass is 405 g/mol. The van der Waals surface area contributed by atoms with Gasteiger partial charge < -0.3 is 14.0 Å². The molecule has 3 aliphatic rings. The standard InChI is InChI=1S/C21H17N4O5/c1-2-9-24-20(26)14-5-3-4-6-15(14)25(21(24)27)11-18-22-19(23-30-18)13-7-8-16-17(10-13)29-12-28-16/h2-8,10,14H,1,9,11-12H2/q+1. The summed E-state index contributed by atoms with van der Waals surface area (Å²) in [5, 5.41) is 4.02. The second kappa shape index (κ2) is 7.11. The zero-order chi connectivity index (χ0) is 20.7. The Morgan fingerprint density at radius 1 is 1.23 bits per heavy atom. The van der Waals surface area contributed by atoms with Gasteiger partial charge in [0.05, 0.1) is 0 Å². The predicted molar refractivity (Wildman–Crippen MR) is 104 cm³/mol. The van der Waals surface area contributed by atoms with Gasteiger partial charge >= 0.3 is 11.9 Å². The van der Waals surface area contributed by atoms with E-state index in [9.17, 15) is 9.59 Å². The molecular weight excluding hydrogens is 388 g/mol. The van der Waals surface area contributed by atoms with E-state index in [1.54, 1.807) is 42.5 Å². The van der Waals surface area contributed by atoms with Crippen LogP contribution in [0.1, 0.15) is 5.89 Å². The number of ether oxygens (including phenoxy) is 2. The molecule has 150 valence electrons. The molecule has 1 aromatic heterocycles. The van der Waals surface area contributed by atoms with Crippen molar-refractivity contribution >= 4 is 17.6 Å². The smallest absolute Gasteiger partial charge is 0.454 e. The second-order valence-electron chi connectivity index (χ2n) is 6.83. The number of urea groups is 1. The van der Waals surface area contributed by atoms with Crippen LogP contribution in [0.3, 0.4) is 0 Å². The van der Waals surface area contributed by atoms with Gasteiger partial charge in [-0.2, -0.15) is 19.3 Å². The first-order valence-corrected chi connectivity index (χ1v) is 9.34. The zero-order valence-electron chi connectivity index (χ0n) is 15.9. The van der Waals surface area contributed by atoms with Gasteiger partial charge in [0.2, 0.25) is 12.6 Å². The van der Waals surface area contributed by atoms with E-state index < -0.39 is 11.9 Å². The number of allylic oxidation sites excluding steroid dienone is 3. The largest absolute Gasteiger partial charge is 0.501 e. The molecule has 0 saturated heterocycles. The van der Waals surface area contributed by atoms with Crippen LogP contribution in [0.25, 0.3) is 11.4 Å². The van der Waals surface area contributed by atoms with E-state index >= 15 is 0 Å². The average molecular weight is 405 g/mol. The fourth-order valence-electron chi connectivity index (χ4n) is 3.58. The molecule has 0 fully saturated rings. The summed E-state index contributed by atoms with van der Waals surface area (Å²) in [5.41, 5.74) is 1.28. The Balaban J connectivity index is 1.47. The van der Waals surface area contributed by atoms with Gasteiger partial charge in [0.1, 0.15) is 18.2 Å². The predicted octanol–water partition coefficient (Wildman–Crippen LogP) is 2.31. The van der Waals surface area contributed by atoms with Crippen molar-refractivity contribution in [3.63, 3.8) is 0 Å². The third-order valence-electron chi connectivity index (χ3n) is 5.01. The molecule has 0 bridgehead atoms. The molecule has 9 heteroatoms. The Morgan fingerprint density at radius 3 is 2.97 bits per heavy atom. The Bertz CT molecular complexity index is 1160. The summed E-state index contributed by atoms with van der Waals surface area (Å²) >= 11 is 0. The number of fused-ring (bicyclic) bond motifs is 2. The minimum atomic E-state index is -0.538. The molecule has 2 aromatic rings. The van der Waals surface area contributed by atoms with Crippen molar-refractivity contribution in [1.82, 2.24) is 15.0 Å². The van der Waals surface area contributed by atoms with Crippen LogP contribution in [0.4, 0.5) is 4.79 Å². The van der Waals surface area contributed by atoms with Gasteiger partial charge in [-0.05, 0) is 24.3 Å². The van der Waals surface area contributed by atoms with E-state index in [4.69, 9.17) is 14.0 Å². The maximum absolute atomic E-state index is 13.0. The number of nitrogens with zero attached hydrogens (tertiary/aromatic N) is 4. The van der Waals surface area contributed by atoms with Crippen molar-refractivity contribution in [2.45, 2.75) is 6.54 Å². The first kappa shape index (κ1) is 18.0. The molecule has 9 nitrogen and oxygen atoms in total. The number of benzene rings is 1. The molecule has 5 rings (SSSR count). The fraction of sp³-hybridized carbons (Fsp3) is 0.190. The van der Waals surface area contributed by atoms with E-state index in [0.717, 1.165) is 0 Å². The van der Waals surface area contributed by atoms with Gasteiger partial charge in [0, 0.05) is 5.56 Å². The quantitative estimate of drug-likeness (QED) is 0.556. The first-order chi connectivity index (χ1) is 14.7. The van der Waals surface area contributed by atoms with Crippen molar-refractivity contribution < 1.29 is 28.2 Å². The normalized spacial score (nSPS) is 19.5. The van der Waals surface area contributed by atoms with Crippen LogP contribution >= 0.6 is 0 Å². The summed E-state index contributed by atoms with van der Waals surface area (Å²) < 4.78 is 17.6. The van der Waals surface area contributed by atoms with Gasteiger partial charge in [0.25, 0.3) is 5.89 Å². The van der Waals surface area contributed by atoms with Crippen molar-refractivity contribution in [1.29, 1.82) is 0 Å². The lowest BCUT2D eigenvalue weighted by Gasteiger charge is -2.25. The number of aromatic nitrogens is 2. The summed E-state index contributed by atoms with van der Waals surface area (Å²) in [6.07, 6.45) is 8.61. The van der Waals surface area contributed by atoms with E-state index in [1.165, 1.54) is 15.6 Å². The molecule has 0 radical (unpaired) electrons. The van der Waals surface area contributed by atoms with E-state index in [2.05, 4.69) is 16.7 Å². The molecule has 1 aliphatic carbocycles. The Morgan fingerprint density at radius 2 is 2.10 bits per heavy atom. The molecule has 3 amide bonds. The number of rotatable bonds is 5. The van der Waals surface area contributed by atoms with E-state index in [0.29, 0.717) is 28.6 Å². The van der Waals surface area contributed by atoms with Crippen LogP contribution in [0.5, 0.6) is 11.5 Å². The third kappa shape index (κ3) is 2.91. The number of imide groups is 1. The summed E-state index contributed by atoms with van der Waals surface area (Å²) in [4.78, 5) is 31.2. The van der Waals surface area contributed by atoms with Crippen molar-refractivity contribution in [2.24, 2.45) is 5.92 Å². The van der Waals surface area contributed by atoms with Gasteiger partial charge in [-0.15, -0.1) is 0 Å². The minimum Gasteiger partial charge on any atom is -0.454 e. The highest BCUT2D eigenvalue weighted by atomic mass is 16.7. The molecule has 1 unspecified atom stereocenters. The fourth-order valence-corrected chi connectivity index (χ4v) is 3.58. The number of hydrogen-bond acceptors (Lipinski definition) is 7. The summed E-state index contributed by atoms with van der Waals surface area (Å²) in [7, 11) is 0. The molecular formula is C21H17N4O5+. The van der Waals surface area contributed by atoms with Crippen molar-refractivity contribution in [3.8, 4) is 22.9 Å². The summed E-state index contributed by atoms with van der Waals surface area (Å²) in [6.45, 7) is 3.98. The van der Waals surface area contributed by atoms with Crippen LogP contribution < -0.4 is 9.47 Å². The van der Waals surface area contributed by atoms with Crippen LogP contribution in [0.2, 0.25) is 0 Å². The maximum atomic E-state index is 13.0. The van der Waals surface area contributed by atoms with Crippen LogP contribution in [0, 0.1) is 5.92 Å². The molecule has 0 N–H and O–H groups in total. The molecule has 1 aromatic carbocycles. The lowest BCUT2D eigenvalue weighted by molar-refractivity contribution is -0.459. The van der Waals surface area contributed by atoms with E-state index in [1.807, 2.05) is 0 Å². The number of carbonyl (C=O) groups is 2. The third-order valence-corrected chi connectivity index (χ3v) is 5.01. The van der Waals surface area contributed by atoms with Crippen molar-refractivity contribution in [3.05, 3.63) is 61.0 Å². The maximum Gasteiger partial charge on any atom is 0.501 e. The summed E-state index contributed by atoms with van der Waals surface area (Å²) in [6, 6.07) is 4.90. The highest BCUT2D eigenvalue weighted by Gasteiger charge is 2.46. The zero-order valence-corrected chi connectivity index (χ0v) is 15.9. The summed E-state index contributed by atoms with van der Waals surface area (Å²) in [5.74, 6) is 1.07. The Labute approximate surface area is 171 Å². The number of hydrogen-bond donors (Lipinski definition) is 0. The van der Waals surface area contributed by atoms with Crippen molar-refractivity contribution in [2.75, 3.05) is 13.3 Å². The van der Waals surface area contributed by atoms with E-state index in [-0.39, 0.29) is 31.7 Å². The van der Waals surface area contributed by atoms with Gasteiger partial charge in [0.15, 0.2) is 18.0 Å². The van der Waals surface area contributed by atoms with Gasteiger partial charge in [-0.3, -0.25) is 0 Å². The number of amides is 3. The second-order valence-corrected chi connectivity index (χ2v) is 6.83. The van der Waals surface area contributed by atoms with Crippen LogP contribution in [-0.4, -0.2) is 50.6 Å². The SMILES string of the molecule is C=CCN1C(=O)C2C=CC=CC2=[N+](Cc2nc(-c3ccc4c(c3)OCO4)no2)C1=O. The molecule has 3 heterocycles. The van der Waals surface area contributed by atoms with Crippen LogP contribution in [-0.2, 0) is 11.3 Å². The molecule has 0 spiro atoms. The Hall–Kier alpha value is -4.01. The molecule has 2 aliphatic heterocycles. The average Bonchev–Trinajstić information content (AvgIpc) is 3.43. The lowest BCUT2D eigenvalue weighted by atomic mass is 9.94. The molecule has 0 saturated carbocycles. The topological polar surface area (TPSA) is 97.8 Å². The Kier molecular flexibility index (Phi) is 4.27. The molecule has 30 heavy (non-hydrogen) atoms. The highest BCUT2D eigenvalue weighted by Crippen LogP contribution is 2.35. The van der Waals surface area contributed by atoms with Gasteiger partial charge in [-0.1, -0.05) is 36.0 Å². The first-order valence-electron chi connectivity index (χ1n) is 9.34. The lowest BCUT2D eigenvalue weighted by Crippen LogP contribution is -2.54. The number of carbonyl (C=O) groups excluding carboxylic acids is 2. The minimum absolute atomic E-state index is 0.0430. The van der Waals surface area contributed by atoms with Gasteiger partial charge in [-0.25, -0.2) is 4.79 Å². The molecule has 1 atom stereocenters. The highest BCUT2D eigenvalue weighted by molar-refractivity contribution is 6.16.